The summed E-state index contributed by atoms with van der Waals surface area (Å²) in [5, 5.41) is 14.4. The smallest absolute Gasteiger partial charge is 0.367 e. The fourth-order valence-electron chi connectivity index (χ4n) is 2.57. The molecule has 2 rings (SSSR count). The zero-order valence-electron chi connectivity index (χ0n) is 16.7. The summed E-state index contributed by atoms with van der Waals surface area (Å²) in [5.74, 6) is 1.63. The van der Waals surface area contributed by atoms with Crippen LogP contribution in [0.2, 0.25) is 0 Å². The number of halogens is 3. The van der Waals surface area contributed by atoms with E-state index in [1.54, 1.807) is 18.5 Å². The highest BCUT2D eigenvalue weighted by Gasteiger charge is 2.27. The van der Waals surface area contributed by atoms with Gasteiger partial charge in [-0.1, -0.05) is 31.2 Å². The SMILES string of the molecule is CCNC(=NCc1ccc(COCC(F)(F)F)cc1)NCCn1cnnc1CC. The second kappa shape index (κ2) is 11.4. The second-order valence-corrected chi connectivity index (χ2v) is 6.34. The van der Waals surface area contributed by atoms with Crippen molar-refractivity contribution in [1.82, 2.24) is 25.4 Å². The monoisotopic (exact) mass is 412 g/mol. The molecule has 2 aromatic rings. The van der Waals surface area contributed by atoms with Gasteiger partial charge < -0.3 is 19.9 Å². The fraction of sp³-hybridized carbons (Fsp3) is 0.526. The summed E-state index contributed by atoms with van der Waals surface area (Å²) in [6, 6.07) is 7.17. The van der Waals surface area contributed by atoms with E-state index in [9.17, 15) is 13.2 Å². The first-order valence-corrected chi connectivity index (χ1v) is 9.52. The summed E-state index contributed by atoms with van der Waals surface area (Å²) in [6.07, 6.45) is -1.77. The number of rotatable bonds is 10. The van der Waals surface area contributed by atoms with E-state index in [0.29, 0.717) is 24.6 Å². The quantitative estimate of drug-likeness (QED) is 0.464. The lowest BCUT2D eigenvalue weighted by molar-refractivity contribution is -0.176. The lowest BCUT2D eigenvalue weighted by Gasteiger charge is -2.12. The highest BCUT2D eigenvalue weighted by Crippen LogP contribution is 2.16. The molecule has 2 N–H and O–H groups in total. The van der Waals surface area contributed by atoms with Gasteiger partial charge in [0, 0.05) is 26.1 Å². The molecule has 1 aromatic carbocycles. The van der Waals surface area contributed by atoms with Crippen LogP contribution in [0.15, 0.2) is 35.6 Å². The summed E-state index contributed by atoms with van der Waals surface area (Å²) in [5.41, 5.74) is 1.64. The van der Waals surface area contributed by atoms with Crippen LogP contribution in [0.4, 0.5) is 13.2 Å². The molecule has 1 heterocycles. The molecule has 0 amide bonds. The molecule has 0 aliphatic heterocycles. The Labute approximate surface area is 168 Å². The van der Waals surface area contributed by atoms with Crippen molar-refractivity contribution in [3.8, 4) is 0 Å². The lowest BCUT2D eigenvalue weighted by Crippen LogP contribution is -2.38. The van der Waals surface area contributed by atoms with Gasteiger partial charge >= 0.3 is 6.18 Å². The van der Waals surface area contributed by atoms with Crippen LogP contribution in [0.5, 0.6) is 0 Å². The van der Waals surface area contributed by atoms with E-state index in [1.807, 2.05) is 30.5 Å². The van der Waals surface area contributed by atoms with Crippen molar-refractivity contribution in [3.05, 3.63) is 47.5 Å². The Hall–Kier alpha value is -2.62. The highest BCUT2D eigenvalue weighted by atomic mass is 19.4. The Kier molecular flexibility index (Phi) is 8.91. The van der Waals surface area contributed by atoms with Crippen LogP contribution in [-0.2, 0) is 30.9 Å². The lowest BCUT2D eigenvalue weighted by atomic mass is 10.1. The van der Waals surface area contributed by atoms with Crippen molar-refractivity contribution in [2.45, 2.75) is 46.1 Å². The van der Waals surface area contributed by atoms with Crippen LogP contribution in [0.25, 0.3) is 0 Å². The van der Waals surface area contributed by atoms with Gasteiger partial charge in [-0.25, -0.2) is 4.99 Å². The van der Waals surface area contributed by atoms with Crippen LogP contribution in [0, 0.1) is 0 Å². The third-order valence-electron chi connectivity index (χ3n) is 3.98. The van der Waals surface area contributed by atoms with Gasteiger partial charge in [0.05, 0.1) is 13.2 Å². The molecule has 0 spiro atoms. The molecule has 0 radical (unpaired) electrons. The Morgan fingerprint density at radius 1 is 1.14 bits per heavy atom. The highest BCUT2D eigenvalue weighted by molar-refractivity contribution is 5.79. The minimum Gasteiger partial charge on any atom is -0.367 e. The minimum absolute atomic E-state index is 0.0733. The molecule has 10 heteroatoms. The Bertz CT molecular complexity index is 758. The third kappa shape index (κ3) is 8.51. The Balaban J connectivity index is 1.82. The van der Waals surface area contributed by atoms with Crippen LogP contribution in [0.1, 0.15) is 30.8 Å². The fourth-order valence-corrected chi connectivity index (χ4v) is 2.57. The van der Waals surface area contributed by atoms with Gasteiger partial charge in [-0.2, -0.15) is 13.2 Å². The van der Waals surface area contributed by atoms with Crippen molar-refractivity contribution >= 4 is 5.96 Å². The summed E-state index contributed by atoms with van der Waals surface area (Å²) in [4.78, 5) is 4.54. The van der Waals surface area contributed by atoms with E-state index in [0.717, 1.165) is 30.9 Å². The van der Waals surface area contributed by atoms with Crippen molar-refractivity contribution in [2.75, 3.05) is 19.7 Å². The first kappa shape index (κ1) is 22.7. The number of alkyl halides is 3. The van der Waals surface area contributed by atoms with E-state index in [4.69, 9.17) is 0 Å². The topological polar surface area (TPSA) is 76.4 Å². The molecule has 0 unspecified atom stereocenters. The van der Waals surface area contributed by atoms with Crippen molar-refractivity contribution in [2.24, 2.45) is 4.99 Å². The maximum absolute atomic E-state index is 12.1. The van der Waals surface area contributed by atoms with Crippen LogP contribution in [0.3, 0.4) is 0 Å². The van der Waals surface area contributed by atoms with E-state index >= 15 is 0 Å². The zero-order valence-corrected chi connectivity index (χ0v) is 16.7. The molecule has 0 aliphatic rings. The molecule has 160 valence electrons. The minimum atomic E-state index is -4.31. The largest absolute Gasteiger partial charge is 0.411 e. The first-order chi connectivity index (χ1) is 13.9. The Morgan fingerprint density at radius 2 is 1.86 bits per heavy atom. The number of hydrogen-bond acceptors (Lipinski definition) is 4. The van der Waals surface area contributed by atoms with Gasteiger partial charge in [0.25, 0.3) is 0 Å². The Morgan fingerprint density at radius 3 is 2.52 bits per heavy atom. The molecule has 7 nitrogen and oxygen atoms in total. The number of aryl methyl sites for hydroxylation is 1. The van der Waals surface area contributed by atoms with Crippen molar-refractivity contribution < 1.29 is 17.9 Å². The van der Waals surface area contributed by atoms with Gasteiger partial charge in [0.15, 0.2) is 5.96 Å². The molecule has 0 atom stereocenters. The van der Waals surface area contributed by atoms with E-state index in [2.05, 4.69) is 30.6 Å². The molecule has 0 aliphatic carbocycles. The predicted octanol–water partition coefficient (Wildman–Crippen LogP) is 2.67. The van der Waals surface area contributed by atoms with Crippen LogP contribution < -0.4 is 10.6 Å². The van der Waals surface area contributed by atoms with Gasteiger partial charge in [-0.3, -0.25) is 0 Å². The number of ether oxygens (including phenoxy) is 1. The number of guanidine groups is 1. The standard InChI is InChI=1S/C19H27F3N6O/c1-3-17-27-26-14-28(17)10-9-24-18(23-4-2)25-11-15-5-7-16(8-6-15)12-29-13-19(20,21)22/h5-8,14H,3-4,9-13H2,1-2H3,(H2,23,24,25). The van der Waals surface area contributed by atoms with E-state index in [-0.39, 0.29) is 6.61 Å². The molecule has 0 bridgehead atoms. The average Bonchev–Trinajstić information content (AvgIpc) is 3.13. The molecule has 0 fully saturated rings. The first-order valence-electron chi connectivity index (χ1n) is 9.52. The number of benzene rings is 1. The molecule has 1 aromatic heterocycles. The zero-order chi connectivity index (χ0) is 21.1. The van der Waals surface area contributed by atoms with Crippen LogP contribution >= 0.6 is 0 Å². The summed E-state index contributed by atoms with van der Waals surface area (Å²) in [7, 11) is 0. The third-order valence-corrected chi connectivity index (χ3v) is 3.98. The van der Waals surface area contributed by atoms with Gasteiger partial charge in [-0.15, -0.1) is 10.2 Å². The molecular formula is C19H27F3N6O. The summed E-state index contributed by atoms with van der Waals surface area (Å²) >= 11 is 0. The molecule has 0 saturated carbocycles. The van der Waals surface area contributed by atoms with Crippen LogP contribution in [-0.4, -0.2) is 46.6 Å². The number of nitrogens with zero attached hydrogens (tertiary/aromatic N) is 4. The summed E-state index contributed by atoms with van der Waals surface area (Å²) in [6.45, 7) is 5.29. The normalized spacial score (nSPS) is 12.2. The van der Waals surface area contributed by atoms with Crippen molar-refractivity contribution in [3.63, 3.8) is 0 Å². The van der Waals surface area contributed by atoms with E-state index < -0.39 is 12.8 Å². The number of nitrogens with one attached hydrogen (secondary N) is 2. The number of aliphatic imine (C=N–C) groups is 1. The molecule has 0 saturated heterocycles. The van der Waals surface area contributed by atoms with E-state index in [1.165, 1.54) is 0 Å². The van der Waals surface area contributed by atoms with Gasteiger partial charge in [0.2, 0.25) is 0 Å². The molecular weight excluding hydrogens is 385 g/mol. The maximum Gasteiger partial charge on any atom is 0.411 e. The predicted molar refractivity (Wildman–Crippen MR) is 104 cm³/mol. The second-order valence-electron chi connectivity index (χ2n) is 6.34. The number of aromatic nitrogens is 3. The van der Waals surface area contributed by atoms with Gasteiger partial charge in [0.1, 0.15) is 18.8 Å². The molecule has 29 heavy (non-hydrogen) atoms. The summed E-state index contributed by atoms with van der Waals surface area (Å²) < 4.78 is 43.0. The van der Waals surface area contributed by atoms with Crippen molar-refractivity contribution in [1.29, 1.82) is 0 Å². The number of hydrogen-bond donors (Lipinski definition) is 2. The maximum atomic E-state index is 12.1. The van der Waals surface area contributed by atoms with Gasteiger partial charge in [-0.05, 0) is 18.1 Å². The average molecular weight is 412 g/mol.